The average Bonchev–Trinajstić information content (AvgIpc) is 3.11. The van der Waals surface area contributed by atoms with Crippen molar-refractivity contribution in [3.63, 3.8) is 0 Å². The maximum absolute atomic E-state index is 12.8. The molecule has 0 N–H and O–H groups in total. The van der Waals surface area contributed by atoms with Gasteiger partial charge < -0.3 is 9.80 Å². The Balaban J connectivity index is 1.54. The first-order chi connectivity index (χ1) is 12.6. The molecule has 0 radical (unpaired) electrons. The molecule has 0 spiro atoms. The van der Waals surface area contributed by atoms with Gasteiger partial charge in [0.1, 0.15) is 5.69 Å². The van der Waals surface area contributed by atoms with Crippen LogP contribution in [0.5, 0.6) is 0 Å². The summed E-state index contributed by atoms with van der Waals surface area (Å²) in [6.07, 6.45) is 0.749. The molecular formula is C20H21N5O. The molecule has 4 rings (SSSR count). The molecule has 0 atom stereocenters. The van der Waals surface area contributed by atoms with Crippen molar-refractivity contribution in [2.45, 2.75) is 13.0 Å². The standard InChI is InChI=1S/C20H21N5O/c1-23(2)16-10-8-15(9-11-16)20(26)24-13-12-19-18(14-24)21-22-25(19)17-6-4-3-5-7-17/h3-11H,12-14H2,1-2H3. The monoisotopic (exact) mass is 347 g/mol. The van der Waals surface area contributed by atoms with E-state index in [2.05, 4.69) is 10.3 Å². The van der Waals surface area contributed by atoms with Crippen LogP contribution in [0.4, 0.5) is 5.69 Å². The highest BCUT2D eigenvalue weighted by atomic mass is 16.2. The molecule has 0 unspecified atom stereocenters. The van der Waals surface area contributed by atoms with Crippen LogP contribution in [0.3, 0.4) is 0 Å². The normalized spacial score (nSPS) is 13.4. The van der Waals surface area contributed by atoms with Gasteiger partial charge in [-0.3, -0.25) is 4.79 Å². The molecule has 0 fully saturated rings. The first-order valence-corrected chi connectivity index (χ1v) is 8.69. The molecule has 1 aromatic heterocycles. The third-order valence-corrected chi connectivity index (χ3v) is 4.72. The number of hydrogen-bond acceptors (Lipinski definition) is 4. The van der Waals surface area contributed by atoms with E-state index >= 15 is 0 Å². The van der Waals surface area contributed by atoms with Gasteiger partial charge in [0.05, 0.1) is 17.9 Å². The number of anilines is 1. The predicted molar refractivity (Wildman–Crippen MR) is 101 cm³/mol. The summed E-state index contributed by atoms with van der Waals surface area (Å²) in [6.45, 7) is 1.16. The molecule has 6 nitrogen and oxygen atoms in total. The number of para-hydroxylation sites is 1. The first kappa shape index (κ1) is 16.3. The molecule has 6 heteroatoms. The SMILES string of the molecule is CN(C)c1ccc(C(=O)N2CCc3c(nnn3-c3ccccc3)C2)cc1. The lowest BCUT2D eigenvalue weighted by Gasteiger charge is -2.26. The van der Waals surface area contributed by atoms with Crippen LogP contribution in [-0.4, -0.2) is 46.4 Å². The third kappa shape index (κ3) is 2.94. The molecule has 0 bridgehead atoms. The first-order valence-electron chi connectivity index (χ1n) is 8.69. The summed E-state index contributed by atoms with van der Waals surface area (Å²) in [7, 11) is 3.97. The van der Waals surface area contributed by atoms with Gasteiger partial charge in [-0.05, 0) is 36.4 Å². The second kappa shape index (κ2) is 6.63. The minimum absolute atomic E-state index is 0.0372. The van der Waals surface area contributed by atoms with Crippen molar-refractivity contribution in [3.8, 4) is 5.69 Å². The van der Waals surface area contributed by atoms with Crippen LogP contribution >= 0.6 is 0 Å². The van der Waals surface area contributed by atoms with Gasteiger partial charge >= 0.3 is 0 Å². The summed E-state index contributed by atoms with van der Waals surface area (Å²) in [6, 6.07) is 17.7. The average molecular weight is 347 g/mol. The molecule has 26 heavy (non-hydrogen) atoms. The fourth-order valence-electron chi connectivity index (χ4n) is 3.24. The van der Waals surface area contributed by atoms with Gasteiger partial charge in [0.25, 0.3) is 5.91 Å². The molecule has 1 aliphatic heterocycles. The smallest absolute Gasteiger partial charge is 0.254 e. The minimum Gasteiger partial charge on any atom is -0.378 e. The van der Waals surface area contributed by atoms with Crippen molar-refractivity contribution in [2.75, 3.05) is 25.5 Å². The summed E-state index contributed by atoms with van der Waals surface area (Å²) >= 11 is 0. The molecule has 1 aliphatic rings. The highest BCUT2D eigenvalue weighted by Crippen LogP contribution is 2.22. The Morgan fingerprint density at radius 3 is 2.46 bits per heavy atom. The zero-order valence-electron chi connectivity index (χ0n) is 15.0. The van der Waals surface area contributed by atoms with Gasteiger partial charge in [0.2, 0.25) is 0 Å². The Morgan fingerprint density at radius 1 is 1.04 bits per heavy atom. The summed E-state index contributed by atoms with van der Waals surface area (Å²) in [5.74, 6) is 0.0372. The Morgan fingerprint density at radius 2 is 1.77 bits per heavy atom. The fraction of sp³-hybridized carbons (Fsp3) is 0.250. The van der Waals surface area contributed by atoms with E-state index in [-0.39, 0.29) is 5.91 Å². The Labute approximate surface area is 152 Å². The van der Waals surface area contributed by atoms with Gasteiger partial charge in [0.15, 0.2) is 0 Å². The molecule has 2 aromatic carbocycles. The number of amides is 1. The number of rotatable bonds is 3. The maximum Gasteiger partial charge on any atom is 0.254 e. The fourth-order valence-corrected chi connectivity index (χ4v) is 3.24. The van der Waals surface area contributed by atoms with E-state index < -0.39 is 0 Å². The van der Waals surface area contributed by atoms with Gasteiger partial charge in [-0.25, -0.2) is 4.68 Å². The van der Waals surface area contributed by atoms with Crippen LogP contribution in [-0.2, 0) is 13.0 Å². The Bertz CT molecular complexity index is 915. The van der Waals surface area contributed by atoms with E-state index in [1.807, 2.05) is 83.2 Å². The Kier molecular flexibility index (Phi) is 4.16. The van der Waals surface area contributed by atoms with Gasteiger partial charge in [0, 0.05) is 38.3 Å². The highest BCUT2D eigenvalue weighted by Gasteiger charge is 2.26. The van der Waals surface area contributed by atoms with Crippen molar-refractivity contribution in [2.24, 2.45) is 0 Å². The number of nitrogens with zero attached hydrogens (tertiary/aromatic N) is 5. The number of benzene rings is 2. The molecule has 2 heterocycles. The number of aromatic nitrogens is 3. The zero-order valence-corrected chi connectivity index (χ0v) is 15.0. The van der Waals surface area contributed by atoms with Gasteiger partial charge in [-0.15, -0.1) is 5.10 Å². The van der Waals surface area contributed by atoms with E-state index in [4.69, 9.17) is 0 Å². The topological polar surface area (TPSA) is 54.3 Å². The summed E-state index contributed by atoms with van der Waals surface area (Å²) < 4.78 is 1.88. The second-order valence-corrected chi connectivity index (χ2v) is 6.65. The van der Waals surface area contributed by atoms with Crippen molar-refractivity contribution < 1.29 is 4.79 Å². The molecule has 0 saturated carbocycles. The van der Waals surface area contributed by atoms with Crippen LogP contribution in [0.15, 0.2) is 54.6 Å². The van der Waals surface area contributed by atoms with Crippen LogP contribution < -0.4 is 4.90 Å². The lowest BCUT2D eigenvalue weighted by atomic mass is 10.1. The van der Waals surface area contributed by atoms with Gasteiger partial charge in [-0.2, -0.15) is 0 Å². The lowest BCUT2D eigenvalue weighted by Crippen LogP contribution is -2.36. The Hall–Kier alpha value is -3.15. The lowest BCUT2D eigenvalue weighted by molar-refractivity contribution is 0.0731. The molecule has 0 aliphatic carbocycles. The van der Waals surface area contributed by atoms with Crippen molar-refractivity contribution in [1.82, 2.24) is 19.9 Å². The van der Waals surface area contributed by atoms with Crippen molar-refractivity contribution in [1.29, 1.82) is 0 Å². The molecular weight excluding hydrogens is 326 g/mol. The van der Waals surface area contributed by atoms with Crippen LogP contribution in [0, 0.1) is 0 Å². The van der Waals surface area contributed by atoms with Crippen LogP contribution in [0.1, 0.15) is 21.7 Å². The van der Waals surface area contributed by atoms with E-state index in [9.17, 15) is 4.79 Å². The summed E-state index contributed by atoms with van der Waals surface area (Å²) in [5, 5.41) is 8.60. The maximum atomic E-state index is 12.8. The summed E-state index contributed by atoms with van der Waals surface area (Å²) in [5.41, 5.74) is 4.74. The zero-order chi connectivity index (χ0) is 18.1. The number of hydrogen-bond donors (Lipinski definition) is 0. The quantitative estimate of drug-likeness (QED) is 0.731. The van der Waals surface area contributed by atoms with Crippen LogP contribution in [0.2, 0.25) is 0 Å². The number of fused-ring (bicyclic) bond motifs is 1. The van der Waals surface area contributed by atoms with Crippen molar-refractivity contribution >= 4 is 11.6 Å². The largest absolute Gasteiger partial charge is 0.378 e. The minimum atomic E-state index is 0.0372. The van der Waals surface area contributed by atoms with E-state index in [0.29, 0.717) is 18.7 Å². The van der Waals surface area contributed by atoms with E-state index in [1.165, 1.54) is 0 Å². The number of carbonyl (C=O) groups is 1. The molecule has 132 valence electrons. The van der Waals surface area contributed by atoms with E-state index in [1.54, 1.807) is 0 Å². The highest BCUT2D eigenvalue weighted by molar-refractivity contribution is 5.94. The molecule has 3 aromatic rings. The number of carbonyl (C=O) groups excluding carboxylic acids is 1. The van der Waals surface area contributed by atoms with Gasteiger partial charge in [-0.1, -0.05) is 23.4 Å². The second-order valence-electron chi connectivity index (χ2n) is 6.65. The molecule has 1 amide bonds. The molecule has 0 saturated heterocycles. The van der Waals surface area contributed by atoms with Crippen molar-refractivity contribution in [3.05, 3.63) is 71.5 Å². The van der Waals surface area contributed by atoms with E-state index in [0.717, 1.165) is 29.2 Å². The summed E-state index contributed by atoms with van der Waals surface area (Å²) in [4.78, 5) is 16.7. The third-order valence-electron chi connectivity index (χ3n) is 4.72. The predicted octanol–water partition coefficient (Wildman–Crippen LogP) is 2.53. The van der Waals surface area contributed by atoms with Crippen LogP contribution in [0.25, 0.3) is 5.69 Å².